The highest BCUT2D eigenvalue weighted by Crippen LogP contribution is 2.19. The second kappa shape index (κ2) is 8.50. The molecule has 24 heavy (non-hydrogen) atoms. The van der Waals surface area contributed by atoms with Gasteiger partial charge in [0.15, 0.2) is 5.82 Å². The number of nitrogens with zero attached hydrogens (tertiary/aromatic N) is 2. The van der Waals surface area contributed by atoms with E-state index in [1.54, 1.807) is 24.5 Å². The van der Waals surface area contributed by atoms with E-state index in [0.29, 0.717) is 17.8 Å². The van der Waals surface area contributed by atoms with Crippen molar-refractivity contribution in [2.45, 2.75) is 19.4 Å². The van der Waals surface area contributed by atoms with Gasteiger partial charge in [-0.3, -0.25) is 4.79 Å². The van der Waals surface area contributed by atoms with E-state index in [1.807, 2.05) is 18.7 Å². The van der Waals surface area contributed by atoms with Crippen molar-refractivity contribution < 1.29 is 9.18 Å². The Bertz CT molecular complexity index is 703. The zero-order valence-corrected chi connectivity index (χ0v) is 14.9. The van der Waals surface area contributed by atoms with Crippen molar-refractivity contribution in [2.75, 3.05) is 23.4 Å². The molecule has 0 aliphatic carbocycles. The van der Waals surface area contributed by atoms with Crippen molar-refractivity contribution in [3.63, 3.8) is 0 Å². The van der Waals surface area contributed by atoms with Gasteiger partial charge in [-0.05, 0) is 30.7 Å². The highest BCUT2D eigenvalue weighted by Gasteiger charge is 2.17. The van der Waals surface area contributed by atoms with E-state index < -0.39 is 5.82 Å². The van der Waals surface area contributed by atoms with Crippen molar-refractivity contribution in [3.05, 3.63) is 42.0 Å². The highest BCUT2D eigenvalue weighted by molar-refractivity contribution is 7.99. The fraction of sp³-hybridized carbons (Fsp3) is 0.375. The predicted molar refractivity (Wildman–Crippen MR) is 97.9 cm³/mol. The number of benzene rings is 1. The molecule has 130 valence electrons. The van der Waals surface area contributed by atoms with Gasteiger partial charge in [-0.2, -0.15) is 16.9 Å². The first-order valence-electron chi connectivity index (χ1n) is 7.54. The first-order valence-corrected chi connectivity index (χ1v) is 8.69. The Morgan fingerprint density at radius 1 is 1.54 bits per heavy atom. The van der Waals surface area contributed by atoms with E-state index in [-0.39, 0.29) is 24.4 Å². The number of aromatic nitrogens is 2. The largest absolute Gasteiger partial charge is 0.326 e. The number of carbonyl (C=O) groups is 1. The van der Waals surface area contributed by atoms with E-state index in [0.717, 1.165) is 23.6 Å². The molecule has 0 radical (unpaired) electrons. The summed E-state index contributed by atoms with van der Waals surface area (Å²) in [4.78, 5) is 12.0. The number of hydrogen-bond donors (Lipinski definition) is 2. The minimum Gasteiger partial charge on any atom is -0.326 e. The van der Waals surface area contributed by atoms with Gasteiger partial charge < -0.3 is 10.6 Å². The van der Waals surface area contributed by atoms with Gasteiger partial charge in [-0.1, -0.05) is 0 Å². The van der Waals surface area contributed by atoms with Crippen molar-refractivity contribution in [3.8, 4) is 5.69 Å². The molecule has 1 fully saturated rings. The third-order valence-electron chi connectivity index (χ3n) is 3.62. The summed E-state index contributed by atoms with van der Waals surface area (Å²) in [5, 5.41) is 10.2. The summed E-state index contributed by atoms with van der Waals surface area (Å²) >= 11 is 1.84. The summed E-state index contributed by atoms with van der Waals surface area (Å²) in [5.74, 6) is 1.49. The van der Waals surface area contributed by atoms with Crippen LogP contribution in [0.2, 0.25) is 0 Å². The van der Waals surface area contributed by atoms with E-state index in [9.17, 15) is 9.18 Å². The maximum absolute atomic E-state index is 14.2. The second-order valence-corrected chi connectivity index (χ2v) is 6.76. The van der Waals surface area contributed by atoms with E-state index >= 15 is 0 Å². The van der Waals surface area contributed by atoms with Crippen LogP contribution in [0.3, 0.4) is 0 Å². The quantitative estimate of drug-likeness (QED) is 0.868. The molecule has 1 aromatic heterocycles. The molecule has 2 aromatic rings. The van der Waals surface area contributed by atoms with Crippen molar-refractivity contribution in [2.24, 2.45) is 0 Å². The Morgan fingerprint density at radius 3 is 3.00 bits per heavy atom. The minimum atomic E-state index is -0.419. The first kappa shape index (κ1) is 18.8. The minimum absolute atomic E-state index is 0. The van der Waals surface area contributed by atoms with Crippen LogP contribution >= 0.6 is 24.2 Å². The first-order chi connectivity index (χ1) is 11.1. The van der Waals surface area contributed by atoms with Crippen LogP contribution in [0.1, 0.15) is 12.0 Å². The number of halogens is 2. The zero-order valence-electron chi connectivity index (χ0n) is 13.3. The molecule has 1 amide bonds. The van der Waals surface area contributed by atoms with E-state index in [4.69, 9.17) is 0 Å². The molecule has 2 N–H and O–H groups in total. The van der Waals surface area contributed by atoms with Gasteiger partial charge in [0.2, 0.25) is 5.91 Å². The number of amides is 1. The Labute approximate surface area is 150 Å². The molecule has 0 bridgehead atoms. The van der Waals surface area contributed by atoms with Crippen LogP contribution in [0, 0.1) is 12.7 Å². The van der Waals surface area contributed by atoms with Crippen LogP contribution in [0.25, 0.3) is 5.69 Å². The van der Waals surface area contributed by atoms with Gasteiger partial charge in [0.05, 0.1) is 6.20 Å². The Kier molecular flexibility index (Phi) is 6.65. The lowest BCUT2D eigenvalue weighted by atomic mass is 10.2. The monoisotopic (exact) mass is 370 g/mol. The van der Waals surface area contributed by atoms with Crippen LogP contribution in [0.4, 0.5) is 10.1 Å². The van der Waals surface area contributed by atoms with Gasteiger partial charge in [0, 0.05) is 42.4 Å². The van der Waals surface area contributed by atoms with Crippen molar-refractivity contribution in [1.82, 2.24) is 15.1 Å². The number of hydrogen-bond acceptors (Lipinski definition) is 4. The van der Waals surface area contributed by atoms with Gasteiger partial charge >= 0.3 is 0 Å². The molecule has 5 nitrogen and oxygen atoms in total. The van der Waals surface area contributed by atoms with Crippen LogP contribution in [-0.4, -0.2) is 39.8 Å². The molecule has 0 saturated carbocycles. The second-order valence-electron chi connectivity index (χ2n) is 5.61. The lowest BCUT2D eigenvalue weighted by Gasteiger charge is -2.22. The van der Waals surface area contributed by atoms with Crippen LogP contribution in [0.15, 0.2) is 30.6 Å². The van der Waals surface area contributed by atoms with E-state index in [2.05, 4.69) is 15.7 Å². The highest BCUT2D eigenvalue weighted by atomic mass is 35.5. The van der Waals surface area contributed by atoms with Gasteiger partial charge in [-0.15, -0.1) is 12.4 Å². The molecular formula is C16H20ClFN4OS. The summed E-state index contributed by atoms with van der Waals surface area (Å²) in [7, 11) is 0. The van der Waals surface area contributed by atoms with Crippen LogP contribution < -0.4 is 10.6 Å². The fourth-order valence-electron chi connectivity index (χ4n) is 2.50. The maximum atomic E-state index is 14.2. The molecule has 1 saturated heterocycles. The Hall–Kier alpha value is -1.57. The molecule has 1 atom stereocenters. The molecular weight excluding hydrogens is 351 g/mol. The fourth-order valence-corrected chi connectivity index (χ4v) is 3.45. The van der Waals surface area contributed by atoms with Crippen LogP contribution in [-0.2, 0) is 4.79 Å². The number of nitrogens with one attached hydrogen (secondary N) is 2. The number of carbonyl (C=O) groups excluding carboxylic acids is 1. The molecule has 1 aromatic carbocycles. The lowest BCUT2D eigenvalue weighted by molar-refractivity contribution is -0.116. The molecule has 1 aliphatic heterocycles. The third kappa shape index (κ3) is 4.72. The number of thioether (sulfide) groups is 1. The van der Waals surface area contributed by atoms with Gasteiger partial charge in [0.25, 0.3) is 0 Å². The lowest BCUT2D eigenvalue weighted by Crippen LogP contribution is -2.39. The third-order valence-corrected chi connectivity index (χ3v) is 4.75. The summed E-state index contributed by atoms with van der Waals surface area (Å²) in [6, 6.07) is 4.82. The number of anilines is 1. The predicted octanol–water partition coefficient (Wildman–Crippen LogP) is 2.78. The summed E-state index contributed by atoms with van der Waals surface area (Å²) < 4.78 is 15.7. The molecule has 1 aliphatic rings. The molecule has 3 rings (SSSR count). The number of aryl methyl sites for hydroxylation is 1. The maximum Gasteiger partial charge on any atom is 0.225 e. The topological polar surface area (TPSA) is 59.0 Å². The van der Waals surface area contributed by atoms with E-state index in [1.165, 1.54) is 10.7 Å². The average molecular weight is 371 g/mol. The molecule has 2 heterocycles. The summed E-state index contributed by atoms with van der Waals surface area (Å²) in [6.45, 7) is 2.82. The van der Waals surface area contributed by atoms with Crippen molar-refractivity contribution >= 4 is 35.8 Å². The molecule has 8 heteroatoms. The molecule has 0 spiro atoms. The zero-order chi connectivity index (χ0) is 16.2. The normalized spacial score (nSPS) is 17.2. The van der Waals surface area contributed by atoms with Gasteiger partial charge in [-0.25, -0.2) is 9.07 Å². The Balaban J connectivity index is 0.00000208. The van der Waals surface area contributed by atoms with Crippen molar-refractivity contribution in [1.29, 1.82) is 0 Å². The Morgan fingerprint density at radius 2 is 2.38 bits per heavy atom. The number of rotatable bonds is 4. The smallest absolute Gasteiger partial charge is 0.225 e. The van der Waals surface area contributed by atoms with Crippen LogP contribution in [0.5, 0.6) is 0 Å². The summed E-state index contributed by atoms with van der Waals surface area (Å²) in [5.41, 5.74) is 1.78. The SMILES string of the molecule is Cc1cnn(-c2ccc(NC(=O)CC3CSCCN3)cc2F)c1.Cl. The molecule has 1 unspecified atom stereocenters. The average Bonchev–Trinajstić information content (AvgIpc) is 2.94. The standard InChI is InChI=1S/C16H19FN4OS.ClH/c1-11-8-19-21(9-11)15-3-2-12(6-14(15)17)20-16(22)7-13-10-23-5-4-18-13;/h2-3,6,8-9,13,18H,4-5,7,10H2,1H3,(H,20,22);1H. The van der Waals surface area contributed by atoms with Gasteiger partial charge in [0.1, 0.15) is 5.69 Å². The summed E-state index contributed by atoms with van der Waals surface area (Å²) in [6.07, 6.45) is 3.82.